The molecule has 0 fully saturated rings. The Morgan fingerprint density at radius 2 is 1.15 bits per heavy atom. The molecule has 0 aliphatic carbocycles. The zero-order valence-electron chi connectivity index (χ0n) is 29.8. The largest absolute Gasteiger partial charge is 0.436 e. The Balaban J connectivity index is 1.23. The standard InChI is InChI=1S/C51H33N3O/c1-5-16-34(17-6-1)43-32-36-28-29-39(33-44(36)48-41(43)30-31-47-49(48)52-51(55-47)35-18-7-2-8-19-35)53(37-20-9-3-10-21-37)46-27-15-25-42-40-24-13-14-26-45(40)54(50(42)46)38-22-11-4-12-23-38/h1-33H. The highest BCUT2D eigenvalue weighted by molar-refractivity contribution is 6.23. The van der Waals surface area contributed by atoms with Crippen LogP contribution in [0.2, 0.25) is 0 Å². The minimum Gasteiger partial charge on any atom is -0.436 e. The van der Waals surface area contributed by atoms with Crippen molar-refractivity contribution in [3.8, 4) is 28.3 Å². The summed E-state index contributed by atoms with van der Waals surface area (Å²) < 4.78 is 8.89. The fourth-order valence-corrected chi connectivity index (χ4v) is 8.34. The maximum absolute atomic E-state index is 6.48. The molecule has 0 aliphatic rings. The van der Waals surface area contributed by atoms with E-state index in [0.717, 1.165) is 72.0 Å². The number of benzene rings is 9. The van der Waals surface area contributed by atoms with Crippen LogP contribution in [-0.2, 0) is 0 Å². The van der Waals surface area contributed by atoms with E-state index in [0.29, 0.717) is 5.89 Å². The third-order valence-corrected chi connectivity index (χ3v) is 10.8. The van der Waals surface area contributed by atoms with E-state index in [-0.39, 0.29) is 0 Å². The zero-order valence-corrected chi connectivity index (χ0v) is 29.8. The molecule has 4 nitrogen and oxygen atoms in total. The predicted octanol–water partition coefficient (Wildman–Crippen LogP) is 14.0. The van der Waals surface area contributed by atoms with E-state index >= 15 is 0 Å². The number of hydrogen-bond acceptors (Lipinski definition) is 3. The van der Waals surface area contributed by atoms with Crippen LogP contribution in [0, 0.1) is 0 Å². The quantitative estimate of drug-likeness (QED) is 0.162. The lowest BCUT2D eigenvalue weighted by molar-refractivity contribution is 0.620. The molecule has 4 heteroatoms. The topological polar surface area (TPSA) is 34.2 Å². The van der Waals surface area contributed by atoms with Gasteiger partial charge in [-0.25, -0.2) is 4.98 Å². The smallest absolute Gasteiger partial charge is 0.227 e. The third kappa shape index (κ3) is 5.03. The van der Waals surface area contributed by atoms with Gasteiger partial charge in [-0.05, 0) is 106 Å². The molecule has 11 aromatic rings. The lowest BCUT2D eigenvalue weighted by Gasteiger charge is -2.27. The number of para-hydroxylation sites is 4. The van der Waals surface area contributed by atoms with Crippen LogP contribution in [-0.4, -0.2) is 9.55 Å². The van der Waals surface area contributed by atoms with Crippen molar-refractivity contribution in [1.29, 1.82) is 0 Å². The first-order valence-electron chi connectivity index (χ1n) is 18.6. The van der Waals surface area contributed by atoms with Crippen molar-refractivity contribution in [2.45, 2.75) is 0 Å². The molecule has 55 heavy (non-hydrogen) atoms. The molecule has 0 amide bonds. The summed E-state index contributed by atoms with van der Waals surface area (Å²) in [6, 6.07) is 71.0. The van der Waals surface area contributed by atoms with Crippen molar-refractivity contribution >= 4 is 71.5 Å². The normalized spacial score (nSPS) is 11.6. The van der Waals surface area contributed by atoms with Crippen molar-refractivity contribution in [2.24, 2.45) is 0 Å². The number of rotatable bonds is 6. The van der Waals surface area contributed by atoms with Gasteiger partial charge in [-0.1, -0.05) is 121 Å². The average molecular weight is 704 g/mol. The fraction of sp³-hybridized carbons (Fsp3) is 0. The number of fused-ring (bicyclic) bond motifs is 8. The second-order valence-corrected chi connectivity index (χ2v) is 13.9. The van der Waals surface area contributed by atoms with Crippen molar-refractivity contribution in [1.82, 2.24) is 9.55 Å². The van der Waals surface area contributed by atoms with E-state index < -0.39 is 0 Å². The van der Waals surface area contributed by atoms with E-state index in [4.69, 9.17) is 9.40 Å². The van der Waals surface area contributed by atoms with E-state index in [2.05, 4.69) is 179 Å². The summed E-state index contributed by atoms with van der Waals surface area (Å²) in [5, 5.41) is 6.88. The number of nitrogens with zero attached hydrogens (tertiary/aromatic N) is 3. The van der Waals surface area contributed by atoms with Gasteiger partial charge in [0.05, 0.1) is 16.7 Å². The molecule has 0 saturated carbocycles. The van der Waals surface area contributed by atoms with E-state index in [1.54, 1.807) is 0 Å². The summed E-state index contributed by atoms with van der Waals surface area (Å²) in [6.07, 6.45) is 0. The maximum atomic E-state index is 6.48. The zero-order chi connectivity index (χ0) is 36.3. The van der Waals surface area contributed by atoms with Gasteiger partial charge in [-0.3, -0.25) is 0 Å². The first-order chi connectivity index (χ1) is 27.3. The fourth-order valence-electron chi connectivity index (χ4n) is 8.34. The van der Waals surface area contributed by atoms with Crippen LogP contribution in [0.25, 0.3) is 82.7 Å². The Bertz CT molecular complexity index is 3190. The van der Waals surface area contributed by atoms with E-state index in [1.165, 1.54) is 21.9 Å². The minimum absolute atomic E-state index is 0.615. The molecule has 2 aromatic heterocycles. The molecule has 0 bridgehead atoms. The highest BCUT2D eigenvalue weighted by atomic mass is 16.3. The number of anilines is 3. The summed E-state index contributed by atoms with van der Waals surface area (Å²) in [5.41, 5.74) is 11.5. The van der Waals surface area contributed by atoms with Gasteiger partial charge in [0.2, 0.25) is 5.89 Å². The van der Waals surface area contributed by atoms with Crippen LogP contribution in [0.1, 0.15) is 0 Å². The Morgan fingerprint density at radius 3 is 1.93 bits per heavy atom. The molecular weight excluding hydrogens is 671 g/mol. The maximum Gasteiger partial charge on any atom is 0.227 e. The lowest BCUT2D eigenvalue weighted by atomic mass is 9.92. The van der Waals surface area contributed by atoms with Crippen LogP contribution in [0.4, 0.5) is 17.1 Å². The summed E-state index contributed by atoms with van der Waals surface area (Å²) >= 11 is 0. The van der Waals surface area contributed by atoms with Gasteiger partial charge in [0.25, 0.3) is 0 Å². The van der Waals surface area contributed by atoms with Crippen LogP contribution < -0.4 is 4.90 Å². The Labute approximate surface area is 317 Å². The molecule has 2 heterocycles. The van der Waals surface area contributed by atoms with E-state index in [1.807, 2.05) is 30.3 Å². The highest BCUT2D eigenvalue weighted by Gasteiger charge is 2.23. The van der Waals surface area contributed by atoms with Crippen LogP contribution in [0.5, 0.6) is 0 Å². The monoisotopic (exact) mass is 703 g/mol. The van der Waals surface area contributed by atoms with Crippen LogP contribution in [0.15, 0.2) is 205 Å². The Morgan fingerprint density at radius 1 is 0.473 bits per heavy atom. The van der Waals surface area contributed by atoms with E-state index in [9.17, 15) is 0 Å². The Hall–Kier alpha value is -7.43. The van der Waals surface area contributed by atoms with Crippen LogP contribution in [0.3, 0.4) is 0 Å². The molecule has 0 saturated heterocycles. The molecule has 9 aromatic carbocycles. The molecule has 0 unspecified atom stereocenters. The van der Waals surface area contributed by atoms with Crippen molar-refractivity contribution in [3.05, 3.63) is 200 Å². The molecule has 0 aliphatic heterocycles. The number of aromatic nitrogens is 2. The molecule has 0 radical (unpaired) electrons. The number of hydrogen-bond donors (Lipinski definition) is 0. The average Bonchev–Trinajstić information content (AvgIpc) is 3.85. The summed E-state index contributed by atoms with van der Waals surface area (Å²) in [7, 11) is 0. The molecule has 0 atom stereocenters. The van der Waals surface area contributed by atoms with Gasteiger partial charge < -0.3 is 13.9 Å². The van der Waals surface area contributed by atoms with Gasteiger partial charge >= 0.3 is 0 Å². The van der Waals surface area contributed by atoms with Gasteiger partial charge in [0.15, 0.2) is 5.58 Å². The molecule has 258 valence electrons. The van der Waals surface area contributed by atoms with Crippen LogP contribution >= 0.6 is 0 Å². The second-order valence-electron chi connectivity index (χ2n) is 13.9. The number of oxazole rings is 1. The van der Waals surface area contributed by atoms with Gasteiger partial charge in [-0.15, -0.1) is 0 Å². The first-order valence-corrected chi connectivity index (χ1v) is 18.6. The second kappa shape index (κ2) is 12.6. The van der Waals surface area contributed by atoms with Gasteiger partial charge in [0, 0.05) is 38.8 Å². The third-order valence-electron chi connectivity index (χ3n) is 10.8. The Kier molecular flexibility index (Phi) is 7.14. The summed E-state index contributed by atoms with van der Waals surface area (Å²) in [5.74, 6) is 0.615. The predicted molar refractivity (Wildman–Crippen MR) is 229 cm³/mol. The SMILES string of the molecule is c1ccc(-c2nc3c(ccc4c(-c5ccccc5)cc5ccc(N(c6ccccc6)c6cccc7c8ccccc8n(-c8ccccc8)c67)cc5c43)o2)cc1. The molecule has 0 N–H and O–H groups in total. The summed E-state index contributed by atoms with van der Waals surface area (Å²) in [4.78, 5) is 7.61. The van der Waals surface area contributed by atoms with Crippen molar-refractivity contribution in [3.63, 3.8) is 0 Å². The first kappa shape index (κ1) is 31.1. The molecule has 0 spiro atoms. The minimum atomic E-state index is 0.615. The highest BCUT2D eigenvalue weighted by Crippen LogP contribution is 2.46. The van der Waals surface area contributed by atoms with Crippen molar-refractivity contribution < 1.29 is 4.42 Å². The molecule has 11 rings (SSSR count). The van der Waals surface area contributed by atoms with Gasteiger partial charge in [-0.2, -0.15) is 0 Å². The summed E-state index contributed by atoms with van der Waals surface area (Å²) in [6.45, 7) is 0. The lowest BCUT2D eigenvalue weighted by Crippen LogP contribution is -2.11. The molecular formula is C51H33N3O. The van der Waals surface area contributed by atoms with Crippen molar-refractivity contribution in [2.75, 3.05) is 4.90 Å². The van der Waals surface area contributed by atoms with Gasteiger partial charge in [0.1, 0.15) is 5.52 Å².